The Morgan fingerprint density at radius 1 is 1.18 bits per heavy atom. The van der Waals surface area contributed by atoms with Crippen molar-refractivity contribution in [1.82, 2.24) is 4.90 Å². The highest BCUT2D eigenvalue weighted by Crippen LogP contribution is 2.43. The Morgan fingerprint density at radius 2 is 1.91 bits per heavy atom. The highest BCUT2D eigenvalue weighted by molar-refractivity contribution is 5.93. The van der Waals surface area contributed by atoms with Gasteiger partial charge < -0.3 is 25.4 Å². The van der Waals surface area contributed by atoms with Gasteiger partial charge in [-0.1, -0.05) is 18.2 Å². The Bertz CT molecular complexity index is 1070. The highest BCUT2D eigenvalue weighted by Gasteiger charge is 2.44. The van der Waals surface area contributed by atoms with Crippen molar-refractivity contribution < 1.29 is 19.1 Å². The Labute approximate surface area is 195 Å². The molecule has 176 valence electrons. The first-order valence-corrected chi connectivity index (χ1v) is 11.4. The van der Waals surface area contributed by atoms with Gasteiger partial charge in [-0.2, -0.15) is 0 Å². The largest absolute Gasteiger partial charge is 0.496 e. The number of urea groups is 1. The molecule has 7 heteroatoms. The van der Waals surface area contributed by atoms with Gasteiger partial charge in [0.05, 0.1) is 25.7 Å². The maximum absolute atomic E-state index is 12.9. The zero-order valence-corrected chi connectivity index (χ0v) is 19.9. The second kappa shape index (κ2) is 9.06. The van der Waals surface area contributed by atoms with E-state index in [-0.39, 0.29) is 18.0 Å². The SMILES string of the molecule is COCc1ccc2c(c1C)CN(C1CCC(C(N)=O)(c3ccc(C)c(OC)c3)CC1)C(=O)N2. The van der Waals surface area contributed by atoms with E-state index in [4.69, 9.17) is 15.2 Å². The van der Waals surface area contributed by atoms with Gasteiger partial charge in [-0.05, 0) is 79.5 Å². The minimum Gasteiger partial charge on any atom is -0.496 e. The number of fused-ring (bicyclic) bond motifs is 1. The third-order valence-corrected chi connectivity index (χ3v) is 7.52. The fourth-order valence-electron chi connectivity index (χ4n) is 5.36. The summed E-state index contributed by atoms with van der Waals surface area (Å²) in [7, 11) is 3.32. The van der Waals surface area contributed by atoms with Gasteiger partial charge in [0.1, 0.15) is 5.75 Å². The van der Waals surface area contributed by atoms with E-state index in [9.17, 15) is 9.59 Å². The summed E-state index contributed by atoms with van der Waals surface area (Å²) in [5.74, 6) is 0.435. The molecule has 1 saturated carbocycles. The lowest BCUT2D eigenvalue weighted by atomic mass is 9.67. The molecule has 1 aliphatic carbocycles. The lowest BCUT2D eigenvalue weighted by Gasteiger charge is -2.44. The zero-order chi connectivity index (χ0) is 23.8. The van der Waals surface area contributed by atoms with E-state index >= 15 is 0 Å². The summed E-state index contributed by atoms with van der Waals surface area (Å²) in [4.78, 5) is 27.5. The van der Waals surface area contributed by atoms with Gasteiger partial charge >= 0.3 is 6.03 Å². The number of primary amides is 1. The van der Waals surface area contributed by atoms with Crippen molar-refractivity contribution in [2.24, 2.45) is 5.73 Å². The average molecular weight is 452 g/mol. The number of carbonyl (C=O) groups excluding carboxylic acids is 2. The van der Waals surface area contributed by atoms with Gasteiger partial charge in [0, 0.05) is 18.8 Å². The lowest BCUT2D eigenvalue weighted by molar-refractivity contribution is -0.125. The molecular weight excluding hydrogens is 418 g/mol. The van der Waals surface area contributed by atoms with Crippen molar-refractivity contribution in [2.45, 2.75) is 64.1 Å². The average Bonchev–Trinajstić information content (AvgIpc) is 2.81. The molecule has 1 heterocycles. The number of anilines is 1. The number of nitrogens with zero attached hydrogens (tertiary/aromatic N) is 1. The molecule has 0 spiro atoms. The Kier molecular flexibility index (Phi) is 6.34. The number of carbonyl (C=O) groups is 2. The van der Waals surface area contributed by atoms with Crippen LogP contribution in [0.5, 0.6) is 5.75 Å². The molecule has 0 bridgehead atoms. The first-order valence-electron chi connectivity index (χ1n) is 11.4. The predicted octanol–water partition coefficient (Wildman–Crippen LogP) is 4.17. The molecule has 0 radical (unpaired) electrons. The number of benzene rings is 2. The Hall–Kier alpha value is -3.06. The third kappa shape index (κ3) is 4.06. The zero-order valence-electron chi connectivity index (χ0n) is 19.9. The molecule has 33 heavy (non-hydrogen) atoms. The van der Waals surface area contributed by atoms with Crippen LogP contribution in [0.15, 0.2) is 30.3 Å². The fourth-order valence-corrected chi connectivity index (χ4v) is 5.36. The number of rotatable bonds is 6. The van der Waals surface area contributed by atoms with Gasteiger partial charge in [-0.15, -0.1) is 0 Å². The summed E-state index contributed by atoms with van der Waals surface area (Å²) >= 11 is 0. The van der Waals surface area contributed by atoms with E-state index in [2.05, 4.69) is 12.2 Å². The van der Waals surface area contributed by atoms with Gasteiger partial charge in [0.25, 0.3) is 0 Å². The quantitative estimate of drug-likeness (QED) is 0.689. The van der Waals surface area contributed by atoms with Crippen molar-refractivity contribution in [3.05, 3.63) is 58.1 Å². The third-order valence-electron chi connectivity index (χ3n) is 7.52. The minimum absolute atomic E-state index is 0.0449. The first-order chi connectivity index (χ1) is 15.8. The van der Waals surface area contributed by atoms with Crippen molar-refractivity contribution in [2.75, 3.05) is 19.5 Å². The Balaban J connectivity index is 1.56. The summed E-state index contributed by atoms with van der Waals surface area (Å²) < 4.78 is 10.8. The fraction of sp³-hybridized carbons (Fsp3) is 0.462. The topological polar surface area (TPSA) is 93.9 Å². The molecular formula is C26H33N3O4. The van der Waals surface area contributed by atoms with Crippen molar-refractivity contribution >= 4 is 17.6 Å². The van der Waals surface area contributed by atoms with E-state index in [0.29, 0.717) is 38.8 Å². The van der Waals surface area contributed by atoms with E-state index in [1.54, 1.807) is 14.2 Å². The molecule has 4 rings (SSSR count). The van der Waals surface area contributed by atoms with Crippen LogP contribution in [0.2, 0.25) is 0 Å². The molecule has 1 fully saturated rings. The lowest BCUT2D eigenvalue weighted by Crippen LogP contribution is -2.51. The maximum Gasteiger partial charge on any atom is 0.322 e. The van der Waals surface area contributed by atoms with Gasteiger partial charge in [0.2, 0.25) is 5.91 Å². The van der Waals surface area contributed by atoms with E-state index in [1.165, 1.54) is 0 Å². The molecule has 2 aromatic rings. The summed E-state index contributed by atoms with van der Waals surface area (Å²) in [5, 5.41) is 3.05. The van der Waals surface area contributed by atoms with Crippen LogP contribution in [0.3, 0.4) is 0 Å². The molecule has 3 amide bonds. The molecule has 0 atom stereocenters. The second-order valence-corrected chi connectivity index (χ2v) is 9.23. The minimum atomic E-state index is -0.747. The molecule has 0 aromatic heterocycles. The molecule has 0 unspecified atom stereocenters. The van der Waals surface area contributed by atoms with Crippen LogP contribution in [0.1, 0.15) is 53.5 Å². The van der Waals surface area contributed by atoms with Crippen LogP contribution in [0.4, 0.5) is 10.5 Å². The van der Waals surface area contributed by atoms with Crippen molar-refractivity contribution in [1.29, 1.82) is 0 Å². The molecule has 0 saturated heterocycles. The number of methoxy groups -OCH3 is 2. The van der Waals surface area contributed by atoms with Crippen LogP contribution in [0, 0.1) is 13.8 Å². The van der Waals surface area contributed by atoms with Crippen LogP contribution < -0.4 is 15.8 Å². The van der Waals surface area contributed by atoms with Crippen molar-refractivity contribution in [3.8, 4) is 5.75 Å². The predicted molar refractivity (Wildman–Crippen MR) is 127 cm³/mol. The number of amides is 3. The maximum atomic E-state index is 12.9. The number of aryl methyl sites for hydroxylation is 1. The number of ether oxygens (including phenoxy) is 2. The van der Waals surface area contributed by atoms with Crippen LogP contribution in [-0.2, 0) is 28.1 Å². The van der Waals surface area contributed by atoms with Gasteiger partial charge in [-0.25, -0.2) is 4.79 Å². The van der Waals surface area contributed by atoms with Gasteiger partial charge in [-0.3, -0.25) is 4.79 Å². The molecule has 1 aliphatic heterocycles. The first kappa shape index (κ1) is 23.1. The second-order valence-electron chi connectivity index (χ2n) is 9.23. The highest BCUT2D eigenvalue weighted by atomic mass is 16.5. The summed E-state index contributed by atoms with van der Waals surface area (Å²) in [6.07, 6.45) is 2.61. The number of nitrogens with one attached hydrogen (secondary N) is 1. The van der Waals surface area contributed by atoms with E-state index in [0.717, 1.165) is 39.3 Å². The molecule has 7 nitrogen and oxygen atoms in total. The monoisotopic (exact) mass is 451 g/mol. The van der Waals surface area contributed by atoms with E-state index in [1.807, 2.05) is 42.2 Å². The standard InChI is InChI=1S/C26H33N3O4/c1-16-5-7-19(13-23(16)33-4)26(24(27)30)11-9-20(10-12-26)29-14-21-17(2)18(15-32-3)6-8-22(21)28-25(29)31/h5-8,13,20H,9-12,14-15H2,1-4H3,(H2,27,30)(H,28,31). The number of hydrogen-bond acceptors (Lipinski definition) is 4. The smallest absolute Gasteiger partial charge is 0.322 e. The number of nitrogens with two attached hydrogens (primary N) is 1. The Morgan fingerprint density at radius 3 is 2.55 bits per heavy atom. The molecule has 2 aromatic carbocycles. The van der Waals surface area contributed by atoms with Gasteiger partial charge in [0.15, 0.2) is 0 Å². The normalized spacial score (nSPS) is 22.5. The number of hydrogen-bond donors (Lipinski definition) is 2. The summed E-state index contributed by atoms with van der Waals surface area (Å²) in [6, 6.07) is 9.80. The van der Waals surface area contributed by atoms with Crippen molar-refractivity contribution in [3.63, 3.8) is 0 Å². The summed E-state index contributed by atoms with van der Waals surface area (Å²) in [5.41, 5.74) is 11.4. The van der Waals surface area contributed by atoms with E-state index < -0.39 is 5.41 Å². The van der Waals surface area contributed by atoms with Crippen LogP contribution in [0.25, 0.3) is 0 Å². The van der Waals surface area contributed by atoms with Crippen LogP contribution >= 0.6 is 0 Å². The summed E-state index contributed by atoms with van der Waals surface area (Å²) in [6.45, 7) is 5.14. The molecule has 2 aliphatic rings. The van der Waals surface area contributed by atoms with Crippen LogP contribution in [-0.4, -0.2) is 37.1 Å². The molecule has 3 N–H and O–H groups in total.